The summed E-state index contributed by atoms with van der Waals surface area (Å²) in [6.45, 7) is -0.410. The number of aromatic amines is 2. The molecule has 0 spiro atoms. The lowest BCUT2D eigenvalue weighted by Gasteiger charge is -2.18. The summed E-state index contributed by atoms with van der Waals surface area (Å²) >= 11 is 0. The molecule has 22 heteroatoms. The van der Waals surface area contributed by atoms with Gasteiger partial charge in [0.15, 0.2) is 23.7 Å². The molecule has 6 atom stereocenters. The zero-order valence-electron chi connectivity index (χ0n) is 23.8. The SMILES string of the molecule is Cn1c[n+]([C@H]2CC[C@@H](C/C=C/P(=O)(O)OP(=O)(O)OC[C@@H]3CC[C@H](n4cnc5c(=O)[nH]c(N)nc54)O3)O2)c2nc(N)[nH]c(=O)c21. The van der Waals surface area contributed by atoms with Crippen molar-refractivity contribution in [1.29, 1.82) is 0 Å². The van der Waals surface area contributed by atoms with Crippen molar-refractivity contribution in [1.82, 2.24) is 34.1 Å². The molecule has 6 heterocycles. The van der Waals surface area contributed by atoms with E-state index in [-0.39, 0.29) is 41.1 Å². The number of phosphoric ester groups is 1. The molecule has 2 aliphatic heterocycles. The van der Waals surface area contributed by atoms with Crippen LogP contribution in [0.15, 0.2) is 34.1 Å². The maximum Gasteiger partial charge on any atom is 0.479 e. The molecular formula is C23H31N10O10P2+. The number of rotatable bonds is 10. The van der Waals surface area contributed by atoms with E-state index >= 15 is 0 Å². The van der Waals surface area contributed by atoms with Crippen LogP contribution >= 0.6 is 15.4 Å². The fourth-order valence-corrected chi connectivity index (χ4v) is 7.77. The molecule has 0 amide bonds. The molecule has 0 radical (unpaired) electrons. The predicted octanol–water partition coefficient (Wildman–Crippen LogP) is 0.425. The summed E-state index contributed by atoms with van der Waals surface area (Å²) in [4.78, 5) is 61.7. The Morgan fingerprint density at radius 1 is 1.09 bits per heavy atom. The molecule has 0 bridgehead atoms. The van der Waals surface area contributed by atoms with Crippen LogP contribution in [0.5, 0.6) is 0 Å². The van der Waals surface area contributed by atoms with E-state index in [0.29, 0.717) is 36.8 Å². The quantitative estimate of drug-likeness (QED) is 0.0986. The summed E-state index contributed by atoms with van der Waals surface area (Å²) in [5.74, 6) is 0.685. The molecule has 0 saturated carbocycles. The lowest BCUT2D eigenvalue weighted by atomic mass is 10.2. The van der Waals surface area contributed by atoms with Crippen LogP contribution in [0.2, 0.25) is 0 Å². The van der Waals surface area contributed by atoms with Gasteiger partial charge in [-0.1, -0.05) is 11.1 Å². The van der Waals surface area contributed by atoms with Crippen molar-refractivity contribution >= 4 is 49.6 Å². The van der Waals surface area contributed by atoms with Crippen LogP contribution in [0, 0.1) is 0 Å². The summed E-state index contributed by atoms with van der Waals surface area (Å²) in [6, 6.07) is 0. The Morgan fingerprint density at radius 3 is 2.62 bits per heavy atom. The second-order valence-corrected chi connectivity index (χ2v) is 13.9. The van der Waals surface area contributed by atoms with Gasteiger partial charge in [-0.3, -0.25) is 37.8 Å². The average Bonchev–Trinajstić information content (AvgIpc) is 3.73. The number of aryl methyl sites for hydroxylation is 1. The van der Waals surface area contributed by atoms with E-state index in [0.717, 1.165) is 5.82 Å². The van der Waals surface area contributed by atoms with Crippen LogP contribution in [0.3, 0.4) is 0 Å². The zero-order valence-corrected chi connectivity index (χ0v) is 25.5. The maximum absolute atomic E-state index is 12.5. The minimum Gasteiger partial charge on any atom is -0.369 e. The summed E-state index contributed by atoms with van der Waals surface area (Å²) < 4.78 is 51.3. The summed E-state index contributed by atoms with van der Waals surface area (Å²) in [5.41, 5.74) is 11.4. The van der Waals surface area contributed by atoms with Gasteiger partial charge < -0.3 is 30.7 Å². The van der Waals surface area contributed by atoms with E-state index < -0.39 is 46.1 Å². The summed E-state index contributed by atoms with van der Waals surface area (Å²) in [7, 11) is -7.95. The fraction of sp³-hybridized carbons (Fsp3) is 0.478. The Balaban J connectivity index is 0.999. The van der Waals surface area contributed by atoms with Crippen LogP contribution in [-0.2, 0) is 34.5 Å². The normalized spacial score (nSPS) is 25.0. The Labute approximate surface area is 252 Å². The van der Waals surface area contributed by atoms with Gasteiger partial charge in [-0.25, -0.2) is 18.4 Å². The highest BCUT2D eigenvalue weighted by atomic mass is 31.3. The van der Waals surface area contributed by atoms with Crippen molar-refractivity contribution in [3.63, 3.8) is 0 Å². The molecular weight excluding hydrogens is 638 g/mol. The van der Waals surface area contributed by atoms with Crippen molar-refractivity contribution < 1.29 is 41.8 Å². The van der Waals surface area contributed by atoms with Crippen LogP contribution in [0.25, 0.3) is 22.3 Å². The van der Waals surface area contributed by atoms with Gasteiger partial charge in [-0.2, -0.15) is 4.98 Å². The second kappa shape index (κ2) is 11.9. The van der Waals surface area contributed by atoms with Crippen molar-refractivity contribution in [3.05, 3.63) is 45.3 Å². The molecule has 20 nitrogen and oxygen atoms in total. The summed E-state index contributed by atoms with van der Waals surface area (Å²) in [6.07, 6.45) is 4.53. The Morgan fingerprint density at radius 2 is 1.82 bits per heavy atom. The third-order valence-electron chi connectivity index (χ3n) is 7.37. The number of fused-ring (bicyclic) bond motifs is 2. The highest BCUT2D eigenvalue weighted by Gasteiger charge is 2.36. The van der Waals surface area contributed by atoms with Gasteiger partial charge in [-0.05, 0) is 25.7 Å². The number of phosphoric acid groups is 1. The highest BCUT2D eigenvalue weighted by Crippen LogP contribution is 2.61. The molecule has 2 fully saturated rings. The number of ether oxygens (including phenoxy) is 2. The van der Waals surface area contributed by atoms with Crippen LogP contribution in [0.4, 0.5) is 11.9 Å². The lowest BCUT2D eigenvalue weighted by Crippen LogP contribution is -2.39. The molecule has 4 aromatic rings. The van der Waals surface area contributed by atoms with Gasteiger partial charge in [0, 0.05) is 12.2 Å². The summed E-state index contributed by atoms with van der Waals surface area (Å²) in [5, 5.41) is 0. The van der Waals surface area contributed by atoms with Gasteiger partial charge in [0.1, 0.15) is 6.23 Å². The van der Waals surface area contributed by atoms with E-state index in [1.54, 1.807) is 22.5 Å². The van der Waals surface area contributed by atoms with Crippen LogP contribution < -0.4 is 27.2 Å². The number of nitrogens with two attached hydrogens (primary N) is 2. The number of imidazole rings is 2. The fourth-order valence-electron chi connectivity index (χ4n) is 5.43. The van der Waals surface area contributed by atoms with Crippen molar-refractivity contribution in [2.45, 2.75) is 56.8 Å². The number of anilines is 2. The minimum atomic E-state index is -4.96. The molecule has 4 aromatic heterocycles. The number of nitrogens with zero attached hydrogens (tertiary/aromatic N) is 6. The Bertz CT molecular complexity index is 2000. The van der Waals surface area contributed by atoms with E-state index in [1.165, 1.54) is 17.0 Å². The van der Waals surface area contributed by atoms with Gasteiger partial charge in [0.2, 0.25) is 11.5 Å². The zero-order chi connectivity index (χ0) is 32.1. The number of H-pyrrole nitrogens is 2. The van der Waals surface area contributed by atoms with Crippen molar-refractivity contribution in [3.8, 4) is 0 Å². The number of nitrogen functional groups attached to an aromatic ring is 2. The van der Waals surface area contributed by atoms with Crippen LogP contribution in [0.1, 0.15) is 44.6 Å². The molecule has 6 rings (SSSR count). The molecule has 8 N–H and O–H groups in total. The second-order valence-electron chi connectivity index (χ2n) is 10.6. The Kier molecular flexibility index (Phi) is 8.25. The van der Waals surface area contributed by atoms with Gasteiger partial charge in [-0.15, -0.1) is 0 Å². The van der Waals surface area contributed by atoms with Crippen LogP contribution in [-0.4, -0.2) is 62.7 Å². The first-order valence-electron chi connectivity index (χ1n) is 13.8. The van der Waals surface area contributed by atoms with Crippen molar-refractivity contribution in [2.75, 3.05) is 18.1 Å². The smallest absolute Gasteiger partial charge is 0.369 e. The number of hydrogen-bond donors (Lipinski definition) is 6. The molecule has 242 valence electrons. The highest BCUT2D eigenvalue weighted by molar-refractivity contribution is 7.66. The standard InChI is InChI=1S/C23H30N10O10P2/c1-31-11-33(19-17(31)21(35)30-23(25)28-19)15-6-4-12(41-15)3-2-8-44(36,37)43-45(38,39)40-9-13-5-7-14(42-13)32-10-26-16-18(32)27-22(24)29-20(16)34/h2,8,10-15H,3-7,9H2,1H3,(H7-,24,25,27,28,29,30,34,35,36,37,38,39)/p+1/b8-2+/t12-,13+,14-,15-/m1/s1. The third-order valence-corrected chi connectivity index (χ3v) is 10.2. The largest absolute Gasteiger partial charge is 0.479 e. The molecule has 2 saturated heterocycles. The molecule has 2 unspecified atom stereocenters. The topological polar surface area (TPSA) is 282 Å². The maximum atomic E-state index is 12.5. The number of hydrogen-bond acceptors (Lipinski definition) is 13. The first-order valence-corrected chi connectivity index (χ1v) is 16.9. The van der Waals surface area contributed by atoms with E-state index in [9.17, 15) is 28.5 Å². The average molecular weight is 670 g/mol. The number of aromatic nitrogens is 8. The molecule has 0 aromatic carbocycles. The molecule has 2 aliphatic rings. The van der Waals surface area contributed by atoms with Gasteiger partial charge >= 0.3 is 21.1 Å². The third kappa shape index (κ3) is 6.63. The van der Waals surface area contributed by atoms with Gasteiger partial charge in [0.25, 0.3) is 17.1 Å². The van der Waals surface area contributed by atoms with E-state index in [4.69, 9.17) is 25.5 Å². The number of nitrogens with one attached hydrogen (secondary N) is 2. The first kappa shape index (κ1) is 31.3. The monoisotopic (exact) mass is 669 g/mol. The molecule has 0 aliphatic carbocycles. The van der Waals surface area contributed by atoms with E-state index in [2.05, 4.69) is 29.2 Å². The molecule has 45 heavy (non-hydrogen) atoms. The van der Waals surface area contributed by atoms with Crippen molar-refractivity contribution in [2.24, 2.45) is 7.05 Å². The Hall–Kier alpha value is -3.74. The van der Waals surface area contributed by atoms with E-state index in [1.807, 2.05) is 0 Å². The minimum absolute atomic E-state index is 0.0284. The predicted molar refractivity (Wildman–Crippen MR) is 155 cm³/mol. The lowest BCUT2D eigenvalue weighted by molar-refractivity contribution is -0.739. The first-order chi connectivity index (χ1) is 21.3. The van der Waals surface area contributed by atoms with Gasteiger partial charge in [0.05, 0.1) is 32.2 Å².